The van der Waals surface area contributed by atoms with E-state index in [1.165, 1.54) is 57.8 Å². The molecule has 0 aromatic heterocycles. The highest BCUT2D eigenvalue weighted by molar-refractivity contribution is 5.24. The first-order valence-corrected chi connectivity index (χ1v) is 10.2. The van der Waals surface area contributed by atoms with Gasteiger partial charge in [0.25, 0.3) is 0 Å². The molecule has 0 amide bonds. The zero-order valence-corrected chi connectivity index (χ0v) is 15.3. The molecule has 0 N–H and O–H groups in total. The molecule has 4 rings (SSSR count). The SMILES string of the molecule is CC=C1CCC2C3C(C)CC4CCCCC4(C)C3CCC12C. The minimum absolute atomic E-state index is 0.558. The van der Waals surface area contributed by atoms with E-state index >= 15 is 0 Å². The van der Waals surface area contributed by atoms with E-state index in [0.717, 1.165) is 29.6 Å². The fourth-order valence-electron chi connectivity index (χ4n) is 7.99. The van der Waals surface area contributed by atoms with Crippen LogP contribution in [0.4, 0.5) is 0 Å². The number of allylic oxidation sites excluding steroid dienone is 2. The fourth-order valence-corrected chi connectivity index (χ4v) is 7.99. The van der Waals surface area contributed by atoms with Crippen molar-refractivity contribution in [2.75, 3.05) is 0 Å². The Kier molecular flexibility index (Phi) is 3.55. The molecule has 4 fully saturated rings. The topological polar surface area (TPSA) is 0 Å². The van der Waals surface area contributed by atoms with Crippen molar-refractivity contribution in [2.24, 2.45) is 40.4 Å². The van der Waals surface area contributed by atoms with Gasteiger partial charge in [-0.15, -0.1) is 0 Å². The summed E-state index contributed by atoms with van der Waals surface area (Å²) in [4.78, 5) is 0. The maximum absolute atomic E-state index is 2.70. The van der Waals surface area contributed by atoms with Crippen LogP contribution in [0.5, 0.6) is 0 Å². The van der Waals surface area contributed by atoms with Crippen LogP contribution in [-0.4, -0.2) is 0 Å². The Morgan fingerprint density at radius 3 is 2.59 bits per heavy atom. The van der Waals surface area contributed by atoms with Crippen LogP contribution < -0.4 is 0 Å². The molecule has 0 heterocycles. The predicted molar refractivity (Wildman–Crippen MR) is 94.6 cm³/mol. The summed E-state index contributed by atoms with van der Waals surface area (Å²) in [5.74, 6) is 5.07. The summed E-state index contributed by atoms with van der Waals surface area (Å²) in [6.45, 7) is 10.2. The van der Waals surface area contributed by atoms with Crippen LogP contribution in [0.25, 0.3) is 0 Å². The van der Waals surface area contributed by atoms with Crippen molar-refractivity contribution >= 4 is 0 Å². The minimum Gasteiger partial charge on any atom is -0.0879 e. The predicted octanol–water partition coefficient (Wildman–Crippen LogP) is 6.61. The first-order chi connectivity index (χ1) is 10.5. The van der Waals surface area contributed by atoms with Crippen molar-refractivity contribution in [3.8, 4) is 0 Å². The maximum Gasteiger partial charge on any atom is -0.00852 e. The van der Waals surface area contributed by atoms with Crippen molar-refractivity contribution in [1.82, 2.24) is 0 Å². The molecule has 4 aliphatic rings. The van der Waals surface area contributed by atoms with E-state index in [4.69, 9.17) is 0 Å². The first kappa shape index (κ1) is 15.3. The van der Waals surface area contributed by atoms with Gasteiger partial charge in [-0.1, -0.05) is 45.3 Å². The second-order valence-corrected chi connectivity index (χ2v) is 9.76. The molecule has 0 spiro atoms. The summed E-state index contributed by atoms with van der Waals surface area (Å²) < 4.78 is 0. The van der Waals surface area contributed by atoms with Crippen molar-refractivity contribution in [3.05, 3.63) is 11.6 Å². The molecule has 4 aliphatic carbocycles. The van der Waals surface area contributed by atoms with Gasteiger partial charge in [0.05, 0.1) is 0 Å². The Morgan fingerprint density at radius 2 is 1.82 bits per heavy atom. The van der Waals surface area contributed by atoms with Gasteiger partial charge in [-0.05, 0) is 92.3 Å². The van der Waals surface area contributed by atoms with Crippen molar-refractivity contribution in [2.45, 2.75) is 85.5 Å². The molecule has 0 aliphatic heterocycles. The lowest BCUT2D eigenvalue weighted by atomic mass is 9.43. The van der Waals surface area contributed by atoms with Gasteiger partial charge in [-0.25, -0.2) is 0 Å². The third kappa shape index (κ3) is 1.88. The van der Waals surface area contributed by atoms with E-state index < -0.39 is 0 Å². The van der Waals surface area contributed by atoms with Gasteiger partial charge < -0.3 is 0 Å². The number of rotatable bonds is 0. The molecule has 22 heavy (non-hydrogen) atoms. The molecule has 0 aromatic carbocycles. The Hall–Kier alpha value is -0.260. The van der Waals surface area contributed by atoms with Crippen LogP contribution in [0.3, 0.4) is 0 Å². The van der Waals surface area contributed by atoms with Crippen LogP contribution in [0.1, 0.15) is 85.5 Å². The third-order valence-corrected chi connectivity index (χ3v) is 9.14. The molecule has 0 bridgehead atoms. The van der Waals surface area contributed by atoms with Gasteiger partial charge in [0.2, 0.25) is 0 Å². The van der Waals surface area contributed by atoms with Gasteiger partial charge in [-0.3, -0.25) is 0 Å². The molecular weight excluding hydrogens is 264 g/mol. The van der Waals surface area contributed by atoms with Gasteiger partial charge in [0.1, 0.15) is 0 Å². The monoisotopic (exact) mass is 300 g/mol. The average Bonchev–Trinajstić information content (AvgIpc) is 2.84. The molecule has 124 valence electrons. The highest BCUT2D eigenvalue weighted by atomic mass is 14.6. The molecule has 0 nitrogen and oxygen atoms in total. The first-order valence-electron chi connectivity index (χ1n) is 10.2. The van der Waals surface area contributed by atoms with Crippen molar-refractivity contribution in [1.29, 1.82) is 0 Å². The number of hydrogen-bond donors (Lipinski definition) is 0. The molecule has 0 radical (unpaired) electrons. The Morgan fingerprint density at radius 1 is 1.00 bits per heavy atom. The fraction of sp³-hybridized carbons (Fsp3) is 0.909. The highest BCUT2D eigenvalue weighted by Crippen LogP contribution is 2.68. The minimum atomic E-state index is 0.558. The van der Waals surface area contributed by atoms with Gasteiger partial charge >= 0.3 is 0 Å². The van der Waals surface area contributed by atoms with Gasteiger partial charge in [0, 0.05) is 0 Å². The lowest BCUT2D eigenvalue weighted by Crippen LogP contribution is -2.54. The standard InChI is InChI=1S/C22H36/c1-5-16-9-10-18-20-15(2)14-17-8-6-7-12-21(17,3)19(20)11-13-22(16,18)4/h5,15,17-20H,6-14H2,1-4H3. The van der Waals surface area contributed by atoms with E-state index in [-0.39, 0.29) is 0 Å². The third-order valence-electron chi connectivity index (χ3n) is 9.14. The summed E-state index contributed by atoms with van der Waals surface area (Å²) in [5.41, 5.74) is 3.05. The maximum atomic E-state index is 2.70. The lowest BCUT2D eigenvalue weighted by Gasteiger charge is -2.62. The number of fused-ring (bicyclic) bond motifs is 5. The van der Waals surface area contributed by atoms with Crippen LogP contribution in [-0.2, 0) is 0 Å². The zero-order chi connectivity index (χ0) is 15.5. The van der Waals surface area contributed by atoms with E-state index in [1.54, 1.807) is 5.57 Å². The molecular formula is C22H36. The second kappa shape index (κ2) is 5.12. The Balaban J connectivity index is 1.70. The van der Waals surface area contributed by atoms with Crippen LogP contribution in [0, 0.1) is 40.4 Å². The van der Waals surface area contributed by atoms with E-state index in [9.17, 15) is 0 Å². The largest absolute Gasteiger partial charge is 0.0879 e. The smallest absolute Gasteiger partial charge is 0.00852 e. The van der Waals surface area contributed by atoms with Crippen LogP contribution in [0.15, 0.2) is 11.6 Å². The summed E-state index contributed by atoms with van der Waals surface area (Å²) >= 11 is 0. The molecule has 0 heteroatoms. The summed E-state index contributed by atoms with van der Waals surface area (Å²) in [6.07, 6.45) is 16.0. The van der Waals surface area contributed by atoms with Crippen molar-refractivity contribution < 1.29 is 0 Å². The Labute approximate surface area is 138 Å². The molecule has 0 saturated heterocycles. The summed E-state index contributed by atoms with van der Waals surface area (Å²) in [7, 11) is 0. The van der Waals surface area contributed by atoms with Gasteiger partial charge in [0.15, 0.2) is 0 Å². The molecule has 7 atom stereocenters. The average molecular weight is 301 g/mol. The highest BCUT2D eigenvalue weighted by Gasteiger charge is 2.59. The van der Waals surface area contributed by atoms with E-state index in [1.807, 2.05) is 0 Å². The quantitative estimate of drug-likeness (QED) is 0.441. The molecule has 7 unspecified atom stereocenters. The molecule has 4 saturated carbocycles. The Bertz CT molecular complexity index is 474. The van der Waals surface area contributed by atoms with E-state index in [2.05, 4.69) is 33.8 Å². The molecule has 0 aromatic rings. The summed E-state index contributed by atoms with van der Waals surface area (Å²) in [6, 6.07) is 0. The number of hydrogen-bond acceptors (Lipinski definition) is 0. The van der Waals surface area contributed by atoms with Crippen LogP contribution in [0.2, 0.25) is 0 Å². The van der Waals surface area contributed by atoms with E-state index in [0.29, 0.717) is 10.8 Å². The normalized spacial score (nSPS) is 56.4. The second-order valence-electron chi connectivity index (χ2n) is 9.76. The van der Waals surface area contributed by atoms with Crippen LogP contribution >= 0.6 is 0 Å². The summed E-state index contributed by atoms with van der Waals surface area (Å²) in [5, 5.41) is 0. The lowest BCUT2D eigenvalue weighted by molar-refractivity contribution is -0.123. The zero-order valence-electron chi connectivity index (χ0n) is 15.3. The van der Waals surface area contributed by atoms with Crippen molar-refractivity contribution in [3.63, 3.8) is 0 Å². The van der Waals surface area contributed by atoms with Gasteiger partial charge in [-0.2, -0.15) is 0 Å².